The fraction of sp³-hybridized carbons (Fsp3) is 0.235. The molecule has 1 aliphatic rings. The number of ether oxygens (including phenoxy) is 1. The number of rotatable bonds is 8. The zero-order valence-electron chi connectivity index (χ0n) is 23.2. The average molecular weight is 549 g/mol. The number of fused-ring (bicyclic) bond motifs is 1. The molecule has 1 saturated heterocycles. The molecule has 0 aliphatic carbocycles. The van der Waals surface area contributed by atoms with Gasteiger partial charge in [0.15, 0.2) is 0 Å². The van der Waals surface area contributed by atoms with E-state index in [0.717, 1.165) is 52.4 Å². The van der Waals surface area contributed by atoms with Crippen molar-refractivity contribution in [2.75, 3.05) is 32.8 Å². The van der Waals surface area contributed by atoms with E-state index in [2.05, 4.69) is 52.8 Å². The van der Waals surface area contributed by atoms with Gasteiger partial charge in [0, 0.05) is 44.5 Å². The Kier molecular flexibility index (Phi) is 7.89. The molecule has 0 spiro atoms. The normalized spacial score (nSPS) is 14.0. The number of aromatic nitrogens is 2. The maximum atomic E-state index is 13.7. The zero-order chi connectivity index (χ0) is 28.2. The predicted molar refractivity (Wildman–Crippen MR) is 159 cm³/mol. The molecule has 41 heavy (non-hydrogen) atoms. The number of aryl methyl sites for hydroxylation is 1. The van der Waals surface area contributed by atoms with Crippen molar-refractivity contribution < 1.29 is 13.9 Å². The van der Waals surface area contributed by atoms with Crippen LogP contribution in [0.3, 0.4) is 0 Å². The van der Waals surface area contributed by atoms with E-state index in [0.29, 0.717) is 26.2 Å². The van der Waals surface area contributed by atoms with Crippen molar-refractivity contribution in [1.29, 1.82) is 0 Å². The number of halogens is 1. The van der Waals surface area contributed by atoms with Crippen LogP contribution in [0.2, 0.25) is 0 Å². The lowest BCUT2D eigenvalue weighted by Crippen LogP contribution is -2.49. The number of hydrogen-bond donors (Lipinski definition) is 0. The van der Waals surface area contributed by atoms with Crippen LogP contribution in [0.25, 0.3) is 28.0 Å². The third-order valence-corrected chi connectivity index (χ3v) is 7.62. The molecule has 0 N–H and O–H groups in total. The molecule has 5 aromatic rings. The molecule has 7 heteroatoms. The monoisotopic (exact) mass is 548 g/mol. The standard InChI is InChI=1S/C34H33FN4O2/c1-25-6-5-9-28(20-25)29-12-15-32-36-34(27-10-13-30(35)14-11-27)31(39(32)21-29)22-37-16-18-38(19-17-37)33(40)24-41-23-26-7-3-2-4-8-26/h2-15,20-21H,16-19,22-24H2,1H3. The fourth-order valence-corrected chi connectivity index (χ4v) is 5.37. The van der Waals surface area contributed by atoms with Crippen LogP contribution in [-0.4, -0.2) is 57.9 Å². The van der Waals surface area contributed by atoms with E-state index in [1.807, 2.05) is 41.3 Å². The number of nitrogens with zero attached hydrogens (tertiary/aromatic N) is 4. The van der Waals surface area contributed by atoms with Crippen molar-refractivity contribution >= 4 is 11.6 Å². The highest BCUT2D eigenvalue weighted by Gasteiger charge is 2.24. The Morgan fingerprint density at radius 1 is 0.854 bits per heavy atom. The molecule has 1 aliphatic heterocycles. The van der Waals surface area contributed by atoms with Crippen LogP contribution >= 0.6 is 0 Å². The lowest BCUT2D eigenvalue weighted by molar-refractivity contribution is -0.138. The predicted octanol–water partition coefficient (Wildman–Crippen LogP) is 5.98. The van der Waals surface area contributed by atoms with Crippen molar-refractivity contribution in [2.24, 2.45) is 0 Å². The summed E-state index contributed by atoms with van der Waals surface area (Å²) in [6, 6.07) is 29.0. The summed E-state index contributed by atoms with van der Waals surface area (Å²) in [6.45, 7) is 6.05. The number of amides is 1. The molecule has 0 radical (unpaired) electrons. The second-order valence-corrected chi connectivity index (χ2v) is 10.6. The van der Waals surface area contributed by atoms with Gasteiger partial charge in [-0.2, -0.15) is 0 Å². The molecule has 0 bridgehead atoms. The fourth-order valence-electron chi connectivity index (χ4n) is 5.37. The first-order chi connectivity index (χ1) is 20.0. The Labute approximate surface area is 239 Å². The molecule has 0 saturated carbocycles. The number of carbonyl (C=O) groups excluding carboxylic acids is 1. The van der Waals surface area contributed by atoms with Crippen molar-refractivity contribution in [3.05, 3.63) is 120 Å². The molecule has 3 aromatic carbocycles. The molecule has 208 valence electrons. The van der Waals surface area contributed by atoms with Crippen LogP contribution < -0.4 is 0 Å². The van der Waals surface area contributed by atoms with Gasteiger partial charge in [-0.25, -0.2) is 9.37 Å². The molecule has 1 fully saturated rings. The minimum absolute atomic E-state index is 0.0187. The molecule has 0 unspecified atom stereocenters. The van der Waals surface area contributed by atoms with Gasteiger partial charge in [-0.05, 0) is 60.0 Å². The molecule has 1 amide bonds. The molecule has 2 aromatic heterocycles. The van der Waals surface area contributed by atoms with Gasteiger partial charge < -0.3 is 14.0 Å². The SMILES string of the molecule is Cc1cccc(-c2ccc3nc(-c4ccc(F)cc4)c(CN4CCN(C(=O)COCc5ccccc5)CC4)n3c2)c1. The average Bonchev–Trinajstić information content (AvgIpc) is 3.35. The van der Waals surface area contributed by atoms with Crippen LogP contribution in [0.15, 0.2) is 97.2 Å². The number of imidazole rings is 1. The third-order valence-electron chi connectivity index (χ3n) is 7.62. The molecular formula is C34H33FN4O2. The van der Waals surface area contributed by atoms with Crippen LogP contribution in [0.5, 0.6) is 0 Å². The third kappa shape index (κ3) is 6.21. The van der Waals surface area contributed by atoms with Crippen LogP contribution in [-0.2, 0) is 22.7 Å². The van der Waals surface area contributed by atoms with Gasteiger partial charge in [0.25, 0.3) is 0 Å². The Balaban J connectivity index is 1.19. The largest absolute Gasteiger partial charge is 0.367 e. The van der Waals surface area contributed by atoms with Crippen molar-refractivity contribution in [1.82, 2.24) is 19.2 Å². The summed E-state index contributed by atoms with van der Waals surface area (Å²) >= 11 is 0. The van der Waals surface area contributed by atoms with Crippen LogP contribution in [0, 0.1) is 12.7 Å². The van der Waals surface area contributed by atoms with Crippen LogP contribution in [0.1, 0.15) is 16.8 Å². The molecular weight excluding hydrogens is 515 g/mol. The van der Waals surface area contributed by atoms with E-state index in [1.165, 1.54) is 17.7 Å². The van der Waals surface area contributed by atoms with Gasteiger partial charge in [0.2, 0.25) is 5.91 Å². The van der Waals surface area contributed by atoms with E-state index < -0.39 is 0 Å². The highest BCUT2D eigenvalue weighted by Crippen LogP contribution is 2.29. The number of pyridine rings is 1. The van der Waals surface area contributed by atoms with Gasteiger partial charge >= 0.3 is 0 Å². The summed E-state index contributed by atoms with van der Waals surface area (Å²) in [7, 11) is 0. The van der Waals surface area contributed by atoms with Gasteiger partial charge in [0.1, 0.15) is 18.1 Å². The highest BCUT2D eigenvalue weighted by molar-refractivity contribution is 5.77. The number of benzene rings is 3. The first kappa shape index (κ1) is 26.9. The molecule has 6 rings (SSSR count). The summed E-state index contributed by atoms with van der Waals surface area (Å²) in [4.78, 5) is 22.0. The topological polar surface area (TPSA) is 50.1 Å². The van der Waals surface area contributed by atoms with E-state index in [4.69, 9.17) is 9.72 Å². The quantitative estimate of drug-likeness (QED) is 0.240. The minimum Gasteiger partial charge on any atom is -0.367 e. The minimum atomic E-state index is -0.269. The molecule has 0 atom stereocenters. The number of hydrogen-bond acceptors (Lipinski definition) is 4. The molecule has 6 nitrogen and oxygen atoms in total. The zero-order valence-corrected chi connectivity index (χ0v) is 23.2. The smallest absolute Gasteiger partial charge is 0.248 e. The van der Waals surface area contributed by atoms with Gasteiger partial charge in [-0.3, -0.25) is 9.69 Å². The van der Waals surface area contributed by atoms with Crippen molar-refractivity contribution in [2.45, 2.75) is 20.1 Å². The van der Waals surface area contributed by atoms with E-state index in [-0.39, 0.29) is 18.3 Å². The summed E-state index contributed by atoms with van der Waals surface area (Å²) in [5, 5.41) is 0. The van der Waals surface area contributed by atoms with Crippen molar-refractivity contribution in [3.8, 4) is 22.4 Å². The second-order valence-electron chi connectivity index (χ2n) is 10.6. The summed E-state index contributed by atoms with van der Waals surface area (Å²) < 4.78 is 21.6. The Hall–Kier alpha value is -4.33. The summed E-state index contributed by atoms with van der Waals surface area (Å²) in [5.74, 6) is -0.250. The van der Waals surface area contributed by atoms with E-state index in [1.54, 1.807) is 12.1 Å². The Morgan fingerprint density at radius 3 is 2.37 bits per heavy atom. The maximum absolute atomic E-state index is 13.7. The number of carbonyl (C=O) groups is 1. The van der Waals surface area contributed by atoms with E-state index >= 15 is 0 Å². The van der Waals surface area contributed by atoms with Gasteiger partial charge in [-0.15, -0.1) is 0 Å². The second kappa shape index (κ2) is 12.0. The number of piperazine rings is 1. The lowest BCUT2D eigenvalue weighted by atomic mass is 10.1. The molecule has 3 heterocycles. The summed E-state index contributed by atoms with van der Waals surface area (Å²) in [6.07, 6.45) is 2.14. The van der Waals surface area contributed by atoms with E-state index in [9.17, 15) is 9.18 Å². The highest BCUT2D eigenvalue weighted by atomic mass is 19.1. The lowest BCUT2D eigenvalue weighted by Gasteiger charge is -2.34. The maximum Gasteiger partial charge on any atom is 0.248 e. The van der Waals surface area contributed by atoms with Crippen molar-refractivity contribution in [3.63, 3.8) is 0 Å². The Morgan fingerprint density at radius 2 is 1.61 bits per heavy atom. The first-order valence-corrected chi connectivity index (χ1v) is 14.0. The first-order valence-electron chi connectivity index (χ1n) is 14.0. The summed E-state index contributed by atoms with van der Waals surface area (Å²) in [5.41, 5.74) is 8.14. The Bertz CT molecular complexity index is 1640. The van der Waals surface area contributed by atoms with Crippen LogP contribution in [0.4, 0.5) is 4.39 Å². The van der Waals surface area contributed by atoms with Gasteiger partial charge in [0.05, 0.1) is 18.0 Å². The van der Waals surface area contributed by atoms with Gasteiger partial charge in [-0.1, -0.05) is 60.2 Å².